The van der Waals surface area contributed by atoms with Crippen molar-refractivity contribution < 1.29 is 4.74 Å². The highest BCUT2D eigenvalue weighted by Crippen LogP contribution is 2.67. The minimum Gasteiger partial charge on any atom is -0.384 e. The fourth-order valence-electron chi connectivity index (χ4n) is 9.48. The molecule has 4 fully saturated rings. The summed E-state index contributed by atoms with van der Waals surface area (Å²) in [5.41, 5.74) is 2.62. The first kappa shape index (κ1) is 22.9. The Kier molecular flexibility index (Phi) is 6.80. The molecule has 0 saturated heterocycles. The van der Waals surface area contributed by atoms with Gasteiger partial charge < -0.3 is 4.74 Å². The lowest BCUT2D eigenvalue weighted by molar-refractivity contribution is -0.0596. The van der Waals surface area contributed by atoms with Crippen LogP contribution in [0.25, 0.3) is 0 Å². The van der Waals surface area contributed by atoms with Gasteiger partial charge in [0.1, 0.15) is 0 Å². The first-order valence-electron chi connectivity index (χ1n) is 13.5. The summed E-state index contributed by atoms with van der Waals surface area (Å²) >= 11 is 0. The number of fused-ring (bicyclic) bond motifs is 5. The van der Waals surface area contributed by atoms with E-state index < -0.39 is 0 Å². The van der Waals surface area contributed by atoms with Crippen molar-refractivity contribution in [3.8, 4) is 0 Å². The summed E-state index contributed by atoms with van der Waals surface area (Å²) in [6.45, 7) is 15.4. The zero-order valence-corrected chi connectivity index (χ0v) is 20.8. The summed E-state index contributed by atoms with van der Waals surface area (Å²) in [6, 6.07) is 0. The maximum atomic E-state index is 5.64. The average Bonchev–Trinajstić information content (AvgIpc) is 3.02. The molecular weight excluding hydrogens is 364 g/mol. The van der Waals surface area contributed by atoms with Gasteiger partial charge in [-0.1, -0.05) is 39.8 Å². The van der Waals surface area contributed by atoms with E-state index in [0.29, 0.717) is 10.8 Å². The van der Waals surface area contributed by atoms with Crippen molar-refractivity contribution in [2.75, 3.05) is 13.7 Å². The van der Waals surface area contributed by atoms with Crippen LogP contribution in [-0.2, 0) is 4.74 Å². The lowest BCUT2D eigenvalue weighted by Gasteiger charge is -2.56. The minimum absolute atomic E-state index is 0.427. The molecule has 0 N–H and O–H groups in total. The number of rotatable bonds is 6. The van der Waals surface area contributed by atoms with E-state index in [9.17, 15) is 0 Å². The Labute approximate surface area is 187 Å². The molecule has 0 amide bonds. The number of allylic oxidation sites excluding steroid dienone is 1. The molecule has 4 aliphatic rings. The average molecular weight is 415 g/mol. The first-order chi connectivity index (χ1) is 14.3. The SMILES string of the molecule is C=C(CC(C)C)C1CCC2C3CCC4CC[C@@](C)(COC)CCC4C3CCC12CC. The molecule has 30 heavy (non-hydrogen) atoms. The van der Waals surface area contributed by atoms with Gasteiger partial charge in [-0.05, 0) is 129 Å². The summed E-state index contributed by atoms with van der Waals surface area (Å²) in [6.07, 6.45) is 17.3. The van der Waals surface area contributed by atoms with Crippen LogP contribution in [0.1, 0.15) is 105 Å². The second-order valence-corrected chi connectivity index (χ2v) is 12.8. The Morgan fingerprint density at radius 3 is 2.37 bits per heavy atom. The molecule has 0 aromatic carbocycles. The molecule has 0 aliphatic heterocycles. The Morgan fingerprint density at radius 2 is 1.67 bits per heavy atom. The minimum atomic E-state index is 0.427. The van der Waals surface area contributed by atoms with Crippen LogP contribution in [0, 0.1) is 52.3 Å². The zero-order valence-electron chi connectivity index (χ0n) is 20.8. The van der Waals surface area contributed by atoms with Crippen molar-refractivity contribution in [1.82, 2.24) is 0 Å². The molecular formula is C29H50O. The van der Waals surface area contributed by atoms with Gasteiger partial charge in [-0.25, -0.2) is 0 Å². The quantitative estimate of drug-likeness (QED) is 0.397. The maximum Gasteiger partial charge on any atom is 0.0515 e. The summed E-state index contributed by atoms with van der Waals surface area (Å²) in [5.74, 6) is 6.61. The monoisotopic (exact) mass is 414 g/mol. The van der Waals surface area contributed by atoms with Gasteiger partial charge in [0.05, 0.1) is 6.61 Å². The summed E-state index contributed by atoms with van der Waals surface area (Å²) in [4.78, 5) is 0. The summed E-state index contributed by atoms with van der Waals surface area (Å²) < 4.78 is 5.64. The van der Waals surface area contributed by atoms with E-state index in [0.717, 1.165) is 48.0 Å². The van der Waals surface area contributed by atoms with E-state index >= 15 is 0 Å². The Hall–Kier alpha value is -0.300. The van der Waals surface area contributed by atoms with Crippen LogP contribution < -0.4 is 0 Å². The fraction of sp³-hybridized carbons (Fsp3) is 0.931. The van der Waals surface area contributed by atoms with Crippen molar-refractivity contribution in [3.05, 3.63) is 12.2 Å². The third kappa shape index (κ3) is 3.95. The van der Waals surface area contributed by atoms with E-state index in [1.54, 1.807) is 5.57 Å². The predicted octanol–water partition coefficient (Wildman–Crippen LogP) is 8.29. The third-order valence-corrected chi connectivity index (χ3v) is 10.7. The van der Waals surface area contributed by atoms with Crippen LogP contribution in [0.15, 0.2) is 12.2 Å². The molecule has 172 valence electrons. The maximum absolute atomic E-state index is 5.64. The molecule has 0 aromatic rings. The highest BCUT2D eigenvalue weighted by molar-refractivity contribution is 5.16. The lowest BCUT2D eigenvalue weighted by atomic mass is 9.49. The van der Waals surface area contributed by atoms with Crippen LogP contribution in [0.4, 0.5) is 0 Å². The molecule has 0 aromatic heterocycles. The first-order valence-corrected chi connectivity index (χ1v) is 13.5. The van der Waals surface area contributed by atoms with Crippen molar-refractivity contribution in [1.29, 1.82) is 0 Å². The molecule has 4 saturated carbocycles. The summed E-state index contributed by atoms with van der Waals surface area (Å²) in [7, 11) is 1.90. The van der Waals surface area contributed by atoms with Gasteiger partial charge >= 0.3 is 0 Å². The molecule has 0 spiro atoms. The van der Waals surface area contributed by atoms with Gasteiger partial charge in [-0.2, -0.15) is 0 Å². The Bertz CT molecular complexity index is 607. The molecule has 8 atom stereocenters. The van der Waals surface area contributed by atoms with Gasteiger partial charge in [0.25, 0.3) is 0 Å². The number of hydrogen-bond acceptors (Lipinski definition) is 1. The largest absolute Gasteiger partial charge is 0.384 e. The van der Waals surface area contributed by atoms with Crippen molar-refractivity contribution in [3.63, 3.8) is 0 Å². The van der Waals surface area contributed by atoms with Crippen LogP contribution in [0.5, 0.6) is 0 Å². The van der Waals surface area contributed by atoms with Crippen molar-refractivity contribution in [2.24, 2.45) is 52.3 Å². The highest BCUT2D eigenvalue weighted by Gasteiger charge is 2.58. The zero-order chi connectivity index (χ0) is 21.5. The number of methoxy groups -OCH3 is 1. The van der Waals surface area contributed by atoms with Gasteiger partial charge in [-0.3, -0.25) is 0 Å². The molecule has 4 aliphatic carbocycles. The molecule has 0 radical (unpaired) electrons. The van der Waals surface area contributed by atoms with Gasteiger partial charge in [0.15, 0.2) is 0 Å². The number of ether oxygens (including phenoxy) is 1. The van der Waals surface area contributed by atoms with Crippen molar-refractivity contribution in [2.45, 2.75) is 105 Å². The third-order valence-electron chi connectivity index (χ3n) is 10.7. The van der Waals surface area contributed by atoms with Crippen LogP contribution in [0.2, 0.25) is 0 Å². The molecule has 4 rings (SSSR count). The topological polar surface area (TPSA) is 9.23 Å². The van der Waals surface area contributed by atoms with Crippen molar-refractivity contribution >= 4 is 0 Å². The second kappa shape index (κ2) is 8.92. The Morgan fingerprint density at radius 1 is 0.933 bits per heavy atom. The Balaban J connectivity index is 1.52. The smallest absolute Gasteiger partial charge is 0.0515 e. The van der Waals surface area contributed by atoms with Crippen LogP contribution in [-0.4, -0.2) is 13.7 Å². The van der Waals surface area contributed by atoms with Gasteiger partial charge in [-0.15, -0.1) is 0 Å². The molecule has 0 bridgehead atoms. The molecule has 0 heterocycles. The van der Waals surface area contributed by atoms with E-state index in [1.165, 1.54) is 77.0 Å². The van der Waals surface area contributed by atoms with E-state index in [1.807, 2.05) is 7.11 Å². The van der Waals surface area contributed by atoms with E-state index in [4.69, 9.17) is 4.74 Å². The van der Waals surface area contributed by atoms with Crippen LogP contribution in [0.3, 0.4) is 0 Å². The molecule has 1 heteroatoms. The van der Waals surface area contributed by atoms with E-state index in [2.05, 4.69) is 34.3 Å². The standard InChI is InChI=1S/C29H50O/c1-7-29-17-14-24-23-13-16-28(5,19-30-6)15-12-22(23)8-9-25(24)27(29)11-10-26(29)21(4)18-20(2)3/h20,22-27H,4,7-19H2,1-3,5-6H3/t22?,23?,24?,25?,26?,27?,28-,29?/m1/s1. The second-order valence-electron chi connectivity index (χ2n) is 12.8. The normalized spacial score (nSPS) is 46.1. The molecule has 1 nitrogen and oxygen atoms in total. The number of hydrogen-bond donors (Lipinski definition) is 0. The van der Waals surface area contributed by atoms with Gasteiger partial charge in [0.2, 0.25) is 0 Å². The highest BCUT2D eigenvalue weighted by atomic mass is 16.5. The fourth-order valence-corrected chi connectivity index (χ4v) is 9.48. The van der Waals surface area contributed by atoms with E-state index in [-0.39, 0.29) is 0 Å². The predicted molar refractivity (Wildman–Crippen MR) is 128 cm³/mol. The van der Waals surface area contributed by atoms with Gasteiger partial charge in [0, 0.05) is 7.11 Å². The van der Waals surface area contributed by atoms with Crippen LogP contribution >= 0.6 is 0 Å². The molecule has 7 unspecified atom stereocenters. The lowest BCUT2D eigenvalue weighted by Crippen LogP contribution is -2.48. The summed E-state index contributed by atoms with van der Waals surface area (Å²) in [5, 5.41) is 0.